The topological polar surface area (TPSA) is 86.7 Å². The molecule has 0 radical (unpaired) electrons. The second kappa shape index (κ2) is 16.3. The zero-order valence-electron chi connectivity index (χ0n) is 39.3. The highest BCUT2D eigenvalue weighted by Gasteiger charge is 2.51. The Morgan fingerprint density at radius 1 is 0.507 bits per heavy atom. The molecule has 8 heteroatoms. The highest BCUT2D eigenvalue weighted by atomic mass is 16.4. The summed E-state index contributed by atoms with van der Waals surface area (Å²) in [7, 11) is 0. The predicted octanol–water partition coefficient (Wildman–Crippen LogP) is 16.3. The van der Waals surface area contributed by atoms with Gasteiger partial charge in [-0.1, -0.05) is 151 Å². The van der Waals surface area contributed by atoms with E-state index in [1.54, 1.807) is 0 Å². The smallest absolute Gasteiger partial charge is 0.200 e. The molecule has 10 aromatic rings. The second-order valence-electron chi connectivity index (χ2n) is 19.6. The lowest BCUT2D eigenvalue weighted by Gasteiger charge is -2.35. The Balaban J connectivity index is 1.36. The SMILES string of the molecule is [C-]#[N+]c1ccc(N(c2ccccc2)c2cc3c(c4oc(C(C)(C)C)nc24)-c2c(cc(N(c4ccccc4)c4ccc(C#N)cc4)c4nc(C(C)(C)C)oc24)C3(c2ccccc2)c2ccccc2)cc1. The van der Waals surface area contributed by atoms with Crippen molar-refractivity contribution < 1.29 is 8.83 Å². The summed E-state index contributed by atoms with van der Waals surface area (Å²) in [5, 5.41) is 9.90. The second-order valence-corrected chi connectivity index (χ2v) is 19.6. The summed E-state index contributed by atoms with van der Waals surface area (Å²) in [5.41, 5.74) is 12.9. The van der Waals surface area contributed by atoms with Gasteiger partial charge in [0, 0.05) is 44.7 Å². The highest BCUT2D eigenvalue weighted by molar-refractivity contribution is 6.14. The van der Waals surface area contributed by atoms with Crippen molar-refractivity contribution in [3.63, 3.8) is 0 Å². The van der Waals surface area contributed by atoms with Gasteiger partial charge < -0.3 is 18.6 Å². The van der Waals surface area contributed by atoms with Crippen LogP contribution in [0.3, 0.4) is 0 Å². The van der Waals surface area contributed by atoms with Crippen molar-refractivity contribution in [3.05, 3.63) is 233 Å². The van der Waals surface area contributed by atoms with E-state index < -0.39 is 16.2 Å². The first kappa shape index (κ1) is 42.9. The molecular weight excluding hydrogens is 849 g/mol. The van der Waals surface area contributed by atoms with Gasteiger partial charge in [0.25, 0.3) is 0 Å². The van der Waals surface area contributed by atoms with Crippen LogP contribution in [-0.4, -0.2) is 9.97 Å². The molecular formula is C61H48N6O2. The van der Waals surface area contributed by atoms with Crippen molar-refractivity contribution in [1.82, 2.24) is 9.97 Å². The third kappa shape index (κ3) is 6.95. The summed E-state index contributed by atoms with van der Waals surface area (Å²) in [6.07, 6.45) is 0. The zero-order chi connectivity index (χ0) is 47.7. The zero-order valence-corrected chi connectivity index (χ0v) is 39.3. The molecule has 0 atom stereocenters. The number of oxazole rings is 2. The van der Waals surface area contributed by atoms with Gasteiger partial charge in [-0.05, 0) is 95.1 Å². The summed E-state index contributed by atoms with van der Waals surface area (Å²) in [6.45, 7) is 20.5. The van der Waals surface area contributed by atoms with Crippen LogP contribution >= 0.6 is 0 Å². The summed E-state index contributed by atoms with van der Waals surface area (Å²) in [5.74, 6) is 1.19. The van der Waals surface area contributed by atoms with Gasteiger partial charge in [-0.3, -0.25) is 0 Å². The van der Waals surface area contributed by atoms with Gasteiger partial charge in [0.1, 0.15) is 11.0 Å². The van der Waals surface area contributed by atoms with Crippen LogP contribution in [0.2, 0.25) is 0 Å². The predicted molar refractivity (Wildman–Crippen MR) is 277 cm³/mol. The van der Waals surface area contributed by atoms with Gasteiger partial charge in [-0.25, -0.2) is 14.8 Å². The molecule has 0 aliphatic heterocycles. The van der Waals surface area contributed by atoms with E-state index in [9.17, 15) is 5.26 Å². The number of nitriles is 1. The molecule has 2 aromatic heterocycles. The van der Waals surface area contributed by atoms with Crippen molar-refractivity contribution in [2.75, 3.05) is 9.80 Å². The Labute approximate surface area is 402 Å². The summed E-state index contributed by atoms with van der Waals surface area (Å²) in [4.78, 5) is 19.1. The largest absolute Gasteiger partial charge is 0.439 e. The molecule has 0 saturated heterocycles. The molecule has 2 heterocycles. The highest BCUT2D eigenvalue weighted by Crippen LogP contribution is 2.63. The van der Waals surface area contributed by atoms with Crippen LogP contribution in [0.25, 0.3) is 38.2 Å². The van der Waals surface area contributed by atoms with E-state index in [0.29, 0.717) is 45.2 Å². The first-order valence-corrected chi connectivity index (χ1v) is 23.2. The minimum Gasteiger partial charge on any atom is -0.439 e. The van der Waals surface area contributed by atoms with E-state index in [1.165, 1.54) is 0 Å². The van der Waals surface area contributed by atoms with Crippen molar-refractivity contribution in [3.8, 4) is 17.2 Å². The monoisotopic (exact) mass is 896 g/mol. The first-order valence-electron chi connectivity index (χ1n) is 23.2. The molecule has 0 unspecified atom stereocenters. The maximum absolute atomic E-state index is 9.90. The van der Waals surface area contributed by atoms with Crippen molar-refractivity contribution in [2.45, 2.75) is 57.8 Å². The number of rotatable bonds is 8. The molecule has 1 aliphatic rings. The van der Waals surface area contributed by atoms with E-state index >= 15 is 0 Å². The normalized spacial score (nSPS) is 12.9. The minimum absolute atomic E-state index is 0.461. The van der Waals surface area contributed by atoms with Gasteiger partial charge in [-0.15, -0.1) is 0 Å². The maximum Gasteiger partial charge on any atom is 0.200 e. The van der Waals surface area contributed by atoms with Crippen molar-refractivity contribution in [1.29, 1.82) is 5.26 Å². The molecule has 0 N–H and O–H groups in total. The van der Waals surface area contributed by atoms with E-state index in [-0.39, 0.29) is 0 Å². The summed E-state index contributed by atoms with van der Waals surface area (Å²) in [6, 6.07) is 64.4. The molecule has 69 heavy (non-hydrogen) atoms. The lowest BCUT2D eigenvalue weighted by atomic mass is 9.67. The number of anilines is 6. The van der Waals surface area contributed by atoms with Gasteiger partial charge >= 0.3 is 0 Å². The minimum atomic E-state index is -0.966. The van der Waals surface area contributed by atoms with E-state index in [0.717, 1.165) is 67.5 Å². The Hall–Kier alpha value is -8.72. The molecule has 1 aliphatic carbocycles. The molecule has 8 aromatic carbocycles. The standard InChI is InChI=1S/C61H48N6O2/c1-59(2,3)57-64-53-49(66(43-24-16-10-17-25-43)45-32-28-39(38-62)29-33-45)36-47-51(55(53)68-57)52-48(61(47,40-20-12-8-13-21-40)41-22-14-9-15-23-41)37-50(54-56(52)69-58(65-54)60(4,5)6)67(44-26-18-11-19-27-44)46-34-30-42(63-7)31-35-46/h8-37H,1-6H3. The Morgan fingerprint density at radius 3 is 1.23 bits per heavy atom. The molecule has 0 bridgehead atoms. The van der Waals surface area contributed by atoms with Crippen molar-refractivity contribution >= 4 is 62.0 Å². The lowest BCUT2D eigenvalue weighted by molar-refractivity contribution is 0.410. The van der Waals surface area contributed by atoms with E-state index in [4.69, 9.17) is 25.4 Å². The first-order chi connectivity index (χ1) is 33.4. The number of hydrogen-bond acceptors (Lipinski definition) is 7. The van der Waals surface area contributed by atoms with Gasteiger partial charge in [0.15, 0.2) is 16.9 Å². The van der Waals surface area contributed by atoms with Gasteiger partial charge in [0.05, 0.1) is 35.0 Å². The molecule has 8 nitrogen and oxygen atoms in total. The molecule has 0 fully saturated rings. The number of fused-ring (bicyclic) bond motifs is 7. The van der Waals surface area contributed by atoms with E-state index in [2.05, 4.69) is 159 Å². The van der Waals surface area contributed by atoms with Crippen LogP contribution in [0.4, 0.5) is 39.8 Å². The van der Waals surface area contributed by atoms with Crippen LogP contribution in [0.1, 0.15) is 81.1 Å². The Bertz CT molecular complexity index is 3380. The van der Waals surface area contributed by atoms with Gasteiger partial charge in [-0.2, -0.15) is 5.26 Å². The molecule has 11 rings (SSSR count). The fourth-order valence-electron chi connectivity index (χ4n) is 9.88. The molecule has 0 saturated carbocycles. The fourth-order valence-corrected chi connectivity index (χ4v) is 9.88. The molecule has 0 amide bonds. The average Bonchev–Trinajstić information content (AvgIpc) is 4.11. The van der Waals surface area contributed by atoms with Crippen LogP contribution in [0.5, 0.6) is 0 Å². The Morgan fingerprint density at radius 2 is 0.870 bits per heavy atom. The van der Waals surface area contributed by atoms with Gasteiger partial charge in [0.2, 0.25) is 11.8 Å². The quantitative estimate of drug-likeness (QED) is 0.140. The number of benzene rings is 8. The Kier molecular flexibility index (Phi) is 10.1. The number of hydrogen-bond donors (Lipinski definition) is 0. The molecule has 0 spiro atoms. The third-order valence-electron chi connectivity index (χ3n) is 13.1. The van der Waals surface area contributed by atoms with Crippen LogP contribution in [0, 0.1) is 17.9 Å². The summed E-state index contributed by atoms with van der Waals surface area (Å²) < 4.78 is 14.6. The maximum atomic E-state index is 9.90. The van der Waals surface area contributed by atoms with Crippen LogP contribution in [0.15, 0.2) is 191 Å². The number of para-hydroxylation sites is 2. The van der Waals surface area contributed by atoms with Crippen LogP contribution < -0.4 is 9.80 Å². The summed E-state index contributed by atoms with van der Waals surface area (Å²) >= 11 is 0. The fraction of sp³-hybridized carbons (Fsp3) is 0.148. The molecule has 334 valence electrons. The van der Waals surface area contributed by atoms with Crippen molar-refractivity contribution in [2.24, 2.45) is 0 Å². The van der Waals surface area contributed by atoms with E-state index in [1.807, 2.05) is 84.9 Å². The lowest BCUT2D eigenvalue weighted by Crippen LogP contribution is -2.29. The number of aromatic nitrogens is 2. The average molecular weight is 897 g/mol. The third-order valence-corrected chi connectivity index (χ3v) is 13.1. The van der Waals surface area contributed by atoms with Crippen LogP contribution in [-0.2, 0) is 16.2 Å². The number of nitrogens with zero attached hydrogens (tertiary/aromatic N) is 6.